The van der Waals surface area contributed by atoms with Crippen molar-refractivity contribution in [1.29, 1.82) is 0 Å². The van der Waals surface area contributed by atoms with Crippen LogP contribution in [-0.2, 0) is 12.8 Å². The Morgan fingerprint density at radius 3 is 3.00 bits per heavy atom. The molecular formula is C16H23ClN2O. The number of carbonyl (C=O) groups excluding carboxylic acids is 1. The zero-order chi connectivity index (χ0) is 13.2. The first kappa shape index (κ1) is 15.3. The monoisotopic (exact) mass is 294 g/mol. The molecule has 1 fully saturated rings. The number of benzene rings is 1. The van der Waals surface area contributed by atoms with Crippen molar-refractivity contribution in [2.24, 2.45) is 0 Å². The van der Waals surface area contributed by atoms with Gasteiger partial charge in [0, 0.05) is 24.7 Å². The quantitative estimate of drug-likeness (QED) is 0.928. The van der Waals surface area contributed by atoms with Gasteiger partial charge in [-0.25, -0.2) is 0 Å². The Labute approximate surface area is 127 Å². The maximum absolute atomic E-state index is 12.8. The molecule has 4 heteroatoms. The molecule has 2 aliphatic rings. The topological polar surface area (TPSA) is 32.3 Å². The summed E-state index contributed by atoms with van der Waals surface area (Å²) in [5.74, 6) is 0.247. The van der Waals surface area contributed by atoms with Gasteiger partial charge < -0.3 is 10.2 Å². The number of fused-ring (bicyclic) bond motifs is 1. The predicted molar refractivity (Wildman–Crippen MR) is 83.7 cm³/mol. The first-order valence-corrected chi connectivity index (χ1v) is 7.37. The van der Waals surface area contributed by atoms with E-state index in [4.69, 9.17) is 0 Å². The minimum atomic E-state index is 0. The molecule has 20 heavy (non-hydrogen) atoms. The minimum absolute atomic E-state index is 0. The molecule has 0 saturated carbocycles. The molecule has 1 saturated heterocycles. The largest absolute Gasteiger partial charge is 0.334 e. The van der Waals surface area contributed by atoms with Crippen molar-refractivity contribution in [2.75, 3.05) is 20.1 Å². The molecule has 0 bridgehead atoms. The van der Waals surface area contributed by atoms with Gasteiger partial charge in [-0.1, -0.05) is 12.1 Å². The van der Waals surface area contributed by atoms with E-state index in [0.29, 0.717) is 6.04 Å². The molecular weight excluding hydrogens is 272 g/mol. The van der Waals surface area contributed by atoms with Crippen LogP contribution >= 0.6 is 12.4 Å². The lowest BCUT2D eigenvalue weighted by molar-refractivity contribution is 0.0736. The fourth-order valence-electron chi connectivity index (χ4n) is 3.53. The molecule has 1 heterocycles. The highest BCUT2D eigenvalue weighted by molar-refractivity contribution is 5.96. The second-order valence-electron chi connectivity index (χ2n) is 5.65. The van der Waals surface area contributed by atoms with Crippen molar-refractivity contribution in [1.82, 2.24) is 10.2 Å². The number of halogens is 1. The van der Waals surface area contributed by atoms with Crippen molar-refractivity contribution in [3.63, 3.8) is 0 Å². The number of rotatable bonds is 3. The Kier molecular flexibility index (Phi) is 5.06. The van der Waals surface area contributed by atoms with E-state index in [1.54, 1.807) is 0 Å². The molecule has 0 aromatic heterocycles. The Hall–Kier alpha value is -1.06. The molecule has 1 N–H and O–H groups in total. The summed E-state index contributed by atoms with van der Waals surface area (Å²) in [6.07, 6.45) is 5.66. The molecule has 1 aromatic carbocycles. The van der Waals surface area contributed by atoms with Gasteiger partial charge in [0.15, 0.2) is 0 Å². The van der Waals surface area contributed by atoms with Gasteiger partial charge in [0.2, 0.25) is 0 Å². The molecule has 110 valence electrons. The molecule has 3 nitrogen and oxygen atoms in total. The van der Waals surface area contributed by atoms with Gasteiger partial charge in [0.1, 0.15) is 0 Å². The third-order valence-corrected chi connectivity index (χ3v) is 4.45. The molecule has 1 amide bonds. The van der Waals surface area contributed by atoms with Crippen LogP contribution in [-0.4, -0.2) is 37.0 Å². The Balaban J connectivity index is 0.00000147. The molecule has 3 rings (SSSR count). The van der Waals surface area contributed by atoms with E-state index in [1.807, 2.05) is 19.2 Å². The molecule has 1 unspecified atom stereocenters. The molecule has 1 aliphatic heterocycles. The maximum atomic E-state index is 12.8. The van der Waals surface area contributed by atoms with Gasteiger partial charge >= 0.3 is 0 Å². The van der Waals surface area contributed by atoms with Crippen LogP contribution in [0.5, 0.6) is 0 Å². The summed E-state index contributed by atoms with van der Waals surface area (Å²) >= 11 is 0. The zero-order valence-corrected chi connectivity index (χ0v) is 12.8. The fraction of sp³-hybridized carbons (Fsp3) is 0.562. The average Bonchev–Trinajstić information content (AvgIpc) is 3.06. The number of amides is 1. The van der Waals surface area contributed by atoms with Crippen LogP contribution in [0, 0.1) is 0 Å². The van der Waals surface area contributed by atoms with E-state index < -0.39 is 0 Å². The van der Waals surface area contributed by atoms with Crippen LogP contribution < -0.4 is 5.32 Å². The van der Waals surface area contributed by atoms with Crippen LogP contribution in [0.3, 0.4) is 0 Å². The number of likely N-dealkylation sites (N-methyl/N-ethyl adjacent to an activating group) is 1. The average molecular weight is 295 g/mol. The Morgan fingerprint density at radius 2 is 2.20 bits per heavy atom. The number of nitrogens with one attached hydrogen (secondary N) is 1. The molecule has 1 aromatic rings. The number of hydrogen-bond donors (Lipinski definition) is 1. The lowest BCUT2D eigenvalue weighted by Gasteiger charge is -2.25. The van der Waals surface area contributed by atoms with Crippen molar-refractivity contribution in [2.45, 2.75) is 38.1 Å². The first-order chi connectivity index (χ1) is 9.31. The van der Waals surface area contributed by atoms with Crippen molar-refractivity contribution in [3.05, 3.63) is 34.9 Å². The second-order valence-corrected chi connectivity index (χ2v) is 5.65. The standard InChI is InChI=1S/C16H22N2O.ClH/c1-17-11-13-7-4-10-18(13)16(19)15-9-3-6-12-5-2-8-14(12)15;/h3,6,9,13,17H,2,4-5,7-8,10-11H2,1H3;1H. The maximum Gasteiger partial charge on any atom is 0.254 e. The van der Waals surface area contributed by atoms with Gasteiger partial charge in [-0.3, -0.25) is 4.79 Å². The molecule has 0 spiro atoms. The van der Waals surface area contributed by atoms with Crippen LogP contribution in [0.4, 0.5) is 0 Å². The summed E-state index contributed by atoms with van der Waals surface area (Å²) in [5, 5.41) is 3.20. The molecule has 0 radical (unpaired) electrons. The van der Waals surface area contributed by atoms with Crippen LogP contribution in [0.1, 0.15) is 40.7 Å². The molecule has 1 atom stereocenters. The van der Waals surface area contributed by atoms with Crippen molar-refractivity contribution < 1.29 is 4.79 Å². The van der Waals surface area contributed by atoms with E-state index in [0.717, 1.165) is 44.3 Å². The summed E-state index contributed by atoms with van der Waals surface area (Å²) in [6, 6.07) is 6.60. The summed E-state index contributed by atoms with van der Waals surface area (Å²) in [4.78, 5) is 14.9. The Morgan fingerprint density at radius 1 is 1.35 bits per heavy atom. The zero-order valence-electron chi connectivity index (χ0n) is 12.0. The van der Waals surface area contributed by atoms with E-state index >= 15 is 0 Å². The van der Waals surface area contributed by atoms with E-state index in [-0.39, 0.29) is 18.3 Å². The first-order valence-electron chi connectivity index (χ1n) is 7.37. The summed E-state index contributed by atoms with van der Waals surface area (Å²) in [7, 11) is 1.96. The van der Waals surface area contributed by atoms with Gasteiger partial charge in [0.05, 0.1) is 0 Å². The predicted octanol–water partition coefficient (Wildman–Crippen LogP) is 2.42. The van der Waals surface area contributed by atoms with Crippen LogP contribution in [0.25, 0.3) is 0 Å². The minimum Gasteiger partial charge on any atom is -0.334 e. The van der Waals surface area contributed by atoms with Gasteiger partial charge in [0.25, 0.3) is 5.91 Å². The lowest BCUT2D eigenvalue weighted by Crippen LogP contribution is -2.41. The van der Waals surface area contributed by atoms with E-state index in [9.17, 15) is 4.79 Å². The van der Waals surface area contributed by atoms with E-state index in [1.165, 1.54) is 17.5 Å². The number of likely N-dealkylation sites (tertiary alicyclic amines) is 1. The third-order valence-electron chi connectivity index (χ3n) is 4.45. The Bertz CT molecular complexity index is 489. The normalized spacial score (nSPS) is 20.6. The van der Waals surface area contributed by atoms with Gasteiger partial charge in [-0.15, -0.1) is 12.4 Å². The summed E-state index contributed by atoms with van der Waals surface area (Å²) in [5.41, 5.74) is 3.65. The summed E-state index contributed by atoms with van der Waals surface area (Å²) < 4.78 is 0. The van der Waals surface area contributed by atoms with Crippen LogP contribution in [0.15, 0.2) is 18.2 Å². The highest BCUT2D eigenvalue weighted by atomic mass is 35.5. The smallest absolute Gasteiger partial charge is 0.254 e. The highest BCUT2D eigenvalue weighted by Gasteiger charge is 2.30. The second kappa shape index (κ2) is 6.59. The van der Waals surface area contributed by atoms with Crippen LogP contribution in [0.2, 0.25) is 0 Å². The SMILES string of the molecule is CNCC1CCCN1C(=O)c1cccc2c1CCC2.Cl. The third kappa shape index (κ3) is 2.70. The number of nitrogens with zero attached hydrogens (tertiary/aromatic N) is 1. The van der Waals surface area contributed by atoms with E-state index in [2.05, 4.69) is 16.3 Å². The fourth-order valence-corrected chi connectivity index (χ4v) is 3.53. The number of carbonyl (C=O) groups is 1. The summed E-state index contributed by atoms with van der Waals surface area (Å²) in [6.45, 7) is 1.82. The van der Waals surface area contributed by atoms with Crippen molar-refractivity contribution >= 4 is 18.3 Å². The number of hydrogen-bond acceptors (Lipinski definition) is 2. The highest BCUT2D eigenvalue weighted by Crippen LogP contribution is 2.28. The van der Waals surface area contributed by atoms with Gasteiger partial charge in [-0.2, -0.15) is 0 Å². The van der Waals surface area contributed by atoms with Crippen molar-refractivity contribution in [3.8, 4) is 0 Å². The van der Waals surface area contributed by atoms with Gasteiger partial charge in [-0.05, 0) is 56.3 Å². The number of aryl methyl sites for hydroxylation is 1. The lowest BCUT2D eigenvalue weighted by atomic mass is 10.0. The molecule has 1 aliphatic carbocycles.